The van der Waals surface area contributed by atoms with E-state index in [2.05, 4.69) is 165 Å². The number of hydrogen-bond donors (Lipinski definition) is 1. The molecule has 2 aliphatic heterocycles. The van der Waals surface area contributed by atoms with E-state index in [9.17, 15) is 19.2 Å². The number of hydrogen-bond acceptors (Lipinski definition) is 6. The van der Waals surface area contributed by atoms with Crippen LogP contribution >= 0.6 is 31.9 Å². The Labute approximate surface area is 441 Å². The van der Waals surface area contributed by atoms with Crippen molar-refractivity contribution < 1.29 is 23.9 Å². The number of nitrogens with two attached hydrogens (primary N) is 1. The van der Waals surface area contributed by atoms with Crippen molar-refractivity contribution in [3.63, 3.8) is 0 Å². The van der Waals surface area contributed by atoms with Gasteiger partial charge in [-0.15, -0.1) is 0 Å². The number of benzene rings is 16. The lowest BCUT2D eigenvalue weighted by Crippen LogP contribution is -2.39. The van der Waals surface area contributed by atoms with Gasteiger partial charge in [0.05, 0.1) is 16.6 Å². The lowest BCUT2D eigenvalue weighted by atomic mass is 9.82. The van der Waals surface area contributed by atoms with E-state index in [0.717, 1.165) is 59.2 Å². The van der Waals surface area contributed by atoms with Crippen LogP contribution in [0.4, 0.5) is 0 Å². The SMILES string of the molecule is NCBr.O=C1OC(=O)c2ccc3c4ccc5c6cccc7cccc(c8ccc(c9ccc1c2c93)c4c85)c76.O=C1c2ccc3c4ccc5c6cccc7cccc(c8ccc(c9ccc(c2c39)C(=O)N1CBr)c4c58)c76. The lowest BCUT2D eigenvalue weighted by Gasteiger charge is -2.27. The van der Waals surface area contributed by atoms with Crippen molar-refractivity contribution in [2.45, 2.75) is 0 Å². The number of amides is 2. The molecule has 18 rings (SSSR count). The fraction of sp³-hybridized carbons (Fsp3) is 0.0303. The molecule has 0 saturated heterocycles. The summed E-state index contributed by atoms with van der Waals surface area (Å²) in [6, 6.07) is 59.5. The van der Waals surface area contributed by atoms with Crippen LogP contribution in [0.3, 0.4) is 0 Å². The Morgan fingerprint density at radius 1 is 0.307 bits per heavy atom. The van der Waals surface area contributed by atoms with Crippen molar-refractivity contribution in [2.75, 3.05) is 10.9 Å². The summed E-state index contributed by atoms with van der Waals surface area (Å²) in [6.45, 7) is 0. The Bertz CT molecular complexity index is 5000. The van der Waals surface area contributed by atoms with Crippen molar-refractivity contribution in [1.29, 1.82) is 0 Å². The summed E-state index contributed by atoms with van der Waals surface area (Å²) in [4.78, 5) is 52.8. The molecular formula is C66H34Br2N2O5. The molecule has 7 nitrogen and oxygen atoms in total. The van der Waals surface area contributed by atoms with Gasteiger partial charge in [-0.25, -0.2) is 9.59 Å². The zero-order chi connectivity index (χ0) is 50.3. The summed E-state index contributed by atoms with van der Waals surface area (Å²) in [5, 5.41) is 32.5. The van der Waals surface area contributed by atoms with E-state index >= 15 is 0 Å². The van der Waals surface area contributed by atoms with Gasteiger partial charge in [0.2, 0.25) is 0 Å². The Kier molecular flexibility index (Phi) is 8.71. The molecular weight excluding hydrogens is 1060 g/mol. The maximum atomic E-state index is 13.2. The number of halogens is 2. The van der Waals surface area contributed by atoms with Gasteiger partial charge in [0, 0.05) is 27.4 Å². The van der Waals surface area contributed by atoms with Crippen molar-refractivity contribution in [3.05, 3.63) is 192 Å². The molecule has 2 aliphatic rings. The quantitative estimate of drug-likeness (QED) is 0.0334. The first-order valence-electron chi connectivity index (χ1n) is 24.7. The highest BCUT2D eigenvalue weighted by atomic mass is 79.9. The first kappa shape index (κ1) is 42.9. The van der Waals surface area contributed by atoms with Crippen LogP contribution in [-0.4, -0.2) is 39.6 Å². The molecule has 9 heteroatoms. The second-order valence-electron chi connectivity index (χ2n) is 19.7. The molecule has 16 aromatic carbocycles. The first-order chi connectivity index (χ1) is 36.8. The third-order valence-electron chi connectivity index (χ3n) is 16.5. The number of ether oxygens (including phenoxy) is 1. The van der Waals surface area contributed by atoms with Crippen LogP contribution in [0, 0.1) is 0 Å². The third-order valence-corrected chi connectivity index (χ3v) is 17.0. The topological polar surface area (TPSA) is 107 Å². The van der Waals surface area contributed by atoms with Crippen molar-refractivity contribution in [3.8, 4) is 0 Å². The molecule has 0 atom stereocenters. The van der Waals surface area contributed by atoms with Gasteiger partial charge >= 0.3 is 11.9 Å². The molecule has 2 amide bonds. The zero-order valence-corrected chi connectivity index (χ0v) is 42.6. The van der Waals surface area contributed by atoms with Crippen LogP contribution in [0.2, 0.25) is 0 Å². The van der Waals surface area contributed by atoms with Crippen LogP contribution in [0.5, 0.6) is 0 Å². The monoisotopic (exact) mass is 1090 g/mol. The minimum Gasteiger partial charge on any atom is -0.386 e. The summed E-state index contributed by atoms with van der Waals surface area (Å²) in [5.41, 5.74) is 7.59. The number of imide groups is 1. The average molecular weight is 1090 g/mol. The smallest absolute Gasteiger partial charge is 0.346 e. The number of nitrogens with zero attached hydrogens (tertiary/aromatic N) is 1. The molecule has 0 aliphatic carbocycles. The molecule has 75 heavy (non-hydrogen) atoms. The molecule has 2 N–H and O–H groups in total. The van der Waals surface area contributed by atoms with Gasteiger partial charge in [-0.2, -0.15) is 0 Å². The molecule has 0 spiro atoms. The Hall–Kier alpha value is -8.60. The van der Waals surface area contributed by atoms with Crippen LogP contribution in [-0.2, 0) is 4.74 Å². The maximum Gasteiger partial charge on any atom is 0.346 e. The Balaban J connectivity index is 0.000000121. The fourth-order valence-electron chi connectivity index (χ4n) is 13.6. The molecule has 0 bridgehead atoms. The van der Waals surface area contributed by atoms with E-state index in [1.807, 2.05) is 24.3 Å². The highest BCUT2D eigenvalue weighted by Crippen LogP contribution is 2.51. The normalized spacial score (nSPS) is 13.8. The van der Waals surface area contributed by atoms with Gasteiger partial charge < -0.3 is 10.5 Å². The van der Waals surface area contributed by atoms with E-state index in [-0.39, 0.29) is 17.3 Å². The number of fused-ring (bicyclic) bond motifs is 8. The lowest BCUT2D eigenvalue weighted by molar-refractivity contribution is 0.0390. The van der Waals surface area contributed by atoms with Gasteiger partial charge in [-0.1, -0.05) is 177 Å². The Morgan fingerprint density at radius 3 is 0.813 bits per heavy atom. The number of esters is 2. The molecule has 0 fully saturated rings. The molecule has 0 saturated carbocycles. The predicted octanol–water partition coefficient (Wildman–Crippen LogP) is 16.8. The second-order valence-corrected chi connectivity index (χ2v) is 20.8. The van der Waals surface area contributed by atoms with E-state index < -0.39 is 11.9 Å². The van der Waals surface area contributed by atoms with Crippen LogP contribution in [0.25, 0.3) is 151 Å². The second kappa shape index (κ2) is 15.2. The van der Waals surface area contributed by atoms with Crippen LogP contribution in [0.1, 0.15) is 41.4 Å². The van der Waals surface area contributed by atoms with Gasteiger partial charge in [0.15, 0.2) is 0 Å². The Morgan fingerprint density at radius 2 is 0.533 bits per heavy atom. The van der Waals surface area contributed by atoms with Crippen molar-refractivity contribution in [1.82, 2.24) is 4.90 Å². The minimum absolute atomic E-state index is 0.178. The zero-order valence-electron chi connectivity index (χ0n) is 39.4. The van der Waals surface area contributed by atoms with Crippen molar-refractivity contribution in [2.24, 2.45) is 5.73 Å². The number of carbonyl (C=O) groups excluding carboxylic acids is 4. The van der Waals surface area contributed by atoms with Crippen LogP contribution in [0.15, 0.2) is 170 Å². The highest BCUT2D eigenvalue weighted by molar-refractivity contribution is 9.09. The fourth-order valence-corrected chi connectivity index (χ4v) is 14.1. The van der Waals surface area contributed by atoms with Gasteiger partial charge in [-0.3, -0.25) is 14.5 Å². The molecule has 0 radical (unpaired) electrons. The first-order valence-corrected chi connectivity index (χ1v) is 26.9. The molecule has 16 aromatic rings. The summed E-state index contributed by atoms with van der Waals surface area (Å²) >= 11 is 6.24. The summed E-state index contributed by atoms with van der Waals surface area (Å²) in [7, 11) is 0. The number of carbonyl (C=O) groups is 4. The van der Waals surface area contributed by atoms with Gasteiger partial charge in [0.1, 0.15) is 0 Å². The predicted molar refractivity (Wildman–Crippen MR) is 315 cm³/mol. The number of alkyl halides is 2. The molecule has 2 heterocycles. The largest absolute Gasteiger partial charge is 0.386 e. The highest BCUT2D eigenvalue weighted by Gasteiger charge is 2.34. The third kappa shape index (κ3) is 5.36. The summed E-state index contributed by atoms with van der Waals surface area (Å²) in [5.74, 6) is -1.66. The summed E-state index contributed by atoms with van der Waals surface area (Å²) in [6.07, 6.45) is 0. The summed E-state index contributed by atoms with van der Waals surface area (Å²) < 4.78 is 5.00. The van der Waals surface area contributed by atoms with Gasteiger partial charge in [0.25, 0.3) is 11.8 Å². The van der Waals surface area contributed by atoms with Crippen LogP contribution < -0.4 is 5.73 Å². The standard InChI is InChI=1S/C33H16BrNO2.C32H14O3.CH4BrN/c34-15-35-32(36)25-13-11-23-21-9-7-19-17-5-1-3-16-4-2-6-18(27(16)17)20-8-10-22(29(21)28(19)20)24-12-14-26(33(35)37)31(25)30(23)24;33-31-24-13-11-22-20-9-7-18-16-5-1-3-15-4-2-6-17(26(15)16)19-8-10-21(28(20)27(18)19)23-12-14-25(32(34)35-31)30(24)29(22)23;2-1-3/h1-14H,15H2;1-14H;1,3H2. The maximum absolute atomic E-state index is 13.2. The van der Waals surface area contributed by atoms with E-state index in [4.69, 9.17) is 10.5 Å². The van der Waals surface area contributed by atoms with E-state index in [1.165, 1.54) is 91.1 Å². The molecule has 0 unspecified atom stereocenters. The van der Waals surface area contributed by atoms with E-state index in [0.29, 0.717) is 33.1 Å². The van der Waals surface area contributed by atoms with Crippen molar-refractivity contribution >= 4 is 206 Å². The minimum atomic E-state index is -0.577. The number of cyclic esters (lactones) is 2. The molecule has 0 aromatic heterocycles. The van der Waals surface area contributed by atoms with E-state index in [1.54, 1.807) is 12.1 Å². The van der Waals surface area contributed by atoms with Gasteiger partial charge in [-0.05, 0) is 164 Å². The average Bonchev–Trinajstić information content (AvgIpc) is 3.45. The molecule has 352 valence electrons. The number of rotatable bonds is 1.